The predicted octanol–water partition coefficient (Wildman–Crippen LogP) is 10.7. The van der Waals surface area contributed by atoms with Crippen LogP contribution in [0.25, 0.3) is 0 Å². The zero-order valence-corrected chi connectivity index (χ0v) is 23.9. The molecule has 0 amide bonds. The van der Waals surface area contributed by atoms with Crippen LogP contribution < -0.4 is 0 Å². The van der Waals surface area contributed by atoms with Gasteiger partial charge in [-0.15, -0.1) is 0 Å². The van der Waals surface area contributed by atoms with Crippen LogP contribution in [0, 0.1) is 0 Å². The van der Waals surface area contributed by atoms with Gasteiger partial charge in [0, 0.05) is 16.3 Å². The van der Waals surface area contributed by atoms with Crippen molar-refractivity contribution in [2.45, 2.75) is 142 Å². The molecule has 0 aromatic heterocycles. The van der Waals surface area contributed by atoms with Crippen molar-refractivity contribution in [1.29, 1.82) is 0 Å². The molecule has 0 aromatic rings. The molecule has 0 N–H and O–H groups in total. The first kappa shape index (κ1) is 30.8. The van der Waals surface area contributed by atoms with E-state index in [-0.39, 0.29) is 16.3 Å². The molecule has 0 spiro atoms. The first-order chi connectivity index (χ1) is 15.9. The Labute approximate surface area is 205 Å². The van der Waals surface area contributed by atoms with E-state index in [2.05, 4.69) is 13.8 Å². The molecular weight excluding hydrogens is 430 g/mol. The van der Waals surface area contributed by atoms with E-state index in [1.807, 2.05) is 0 Å². The van der Waals surface area contributed by atoms with Crippen molar-refractivity contribution in [3.05, 3.63) is 0 Å². The Kier molecular flexibility index (Phi) is 24.0. The van der Waals surface area contributed by atoms with Crippen molar-refractivity contribution in [2.75, 3.05) is 37.9 Å². The van der Waals surface area contributed by atoms with Crippen LogP contribution in [0.4, 0.5) is 0 Å². The van der Waals surface area contributed by atoms with Gasteiger partial charge in [0.1, 0.15) is 0 Å². The van der Waals surface area contributed by atoms with Gasteiger partial charge in [-0.1, -0.05) is 129 Å². The molecule has 1 aliphatic rings. The molecule has 0 atom stereocenters. The Morgan fingerprint density at radius 3 is 0.906 bits per heavy atom. The van der Waals surface area contributed by atoms with Crippen LogP contribution >= 0.6 is 16.3 Å². The molecule has 1 rings (SSSR count). The SMILES string of the molecule is CCCCCCCCCCCCOP1CCP(OCCCCCCCCCCCC)CC1. The van der Waals surface area contributed by atoms with Crippen molar-refractivity contribution in [2.24, 2.45) is 0 Å². The largest absolute Gasteiger partial charge is 0.359 e. The predicted molar refractivity (Wildman–Crippen MR) is 149 cm³/mol. The Balaban J connectivity index is 1.78. The molecule has 0 bridgehead atoms. The monoisotopic (exact) mass is 488 g/mol. The van der Waals surface area contributed by atoms with Gasteiger partial charge >= 0.3 is 0 Å². The summed E-state index contributed by atoms with van der Waals surface area (Å²) in [5, 5.41) is 0. The summed E-state index contributed by atoms with van der Waals surface area (Å²) >= 11 is 0. The second kappa shape index (κ2) is 24.9. The summed E-state index contributed by atoms with van der Waals surface area (Å²) in [5.74, 6) is 0. The summed E-state index contributed by atoms with van der Waals surface area (Å²) in [6, 6.07) is 0. The van der Waals surface area contributed by atoms with Gasteiger partial charge in [0.05, 0.1) is 13.2 Å². The van der Waals surface area contributed by atoms with E-state index in [1.165, 1.54) is 153 Å². The highest BCUT2D eigenvalue weighted by atomic mass is 31.2. The van der Waals surface area contributed by atoms with Gasteiger partial charge in [-0.2, -0.15) is 0 Å². The van der Waals surface area contributed by atoms with Crippen molar-refractivity contribution in [1.82, 2.24) is 0 Å². The fourth-order valence-corrected chi connectivity index (χ4v) is 9.80. The standard InChI is InChI=1S/C28H58O2P2/c1-3-5-7-9-11-13-15-17-19-21-23-29-31-25-27-32(28-26-31)30-24-22-20-18-16-14-12-10-8-6-4-2/h3-28H2,1-2H3. The first-order valence-electron chi connectivity index (χ1n) is 14.6. The third kappa shape index (κ3) is 20.2. The van der Waals surface area contributed by atoms with Gasteiger partial charge in [-0.05, 0) is 37.5 Å². The Morgan fingerprint density at radius 2 is 0.625 bits per heavy atom. The number of rotatable bonds is 24. The van der Waals surface area contributed by atoms with Gasteiger partial charge in [0.2, 0.25) is 0 Å². The van der Waals surface area contributed by atoms with Gasteiger partial charge in [0.25, 0.3) is 0 Å². The number of hydrogen-bond donors (Lipinski definition) is 0. The minimum Gasteiger partial charge on any atom is -0.359 e. The van der Waals surface area contributed by atoms with E-state index in [0.717, 1.165) is 13.2 Å². The van der Waals surface area contributed by atoms with Crippen LogP contribution in [-0.4, -0.2) is 37.9 Å². The normalized spacial score (nSPS) is 18.9. The van der Waals surface area contributed by atoms with Crippen molar-refractivity contribution < 1.29 is 9.05 Å². The van der Waals surface area contributed by atoms with Gasteiger partial charge in [-0.3, -0.25) is 0 Å². The van der Waals surface area contributed by atoms with Crippen molar-refractivity contribution in [3.8, 4) is 0 Å². The Bertz CT molecular complexity index is 325. The molecule has 32 heavy (non-hydrogen) atoms. The maximum Gasteiger partial charge on any atom is 0.0508 e. The summed E-state index contributed by atoms with van der Waals surface area (Å²) in [5.41, 5.74) is 0. The van der Waals surface area contributed by atoms with Crippen LogP contribution in [-0.2, 0) is 9.05 Å². The zero-order valence-electron chi connectivity index (χ0n) is 22.1. The average molecular weight is 489 g/mol. The molecule has 0 unspecified atom stereocenters. The van der Waals surface area contributed by atoms with Crippen LogP contribution in [0.15, 0.2) is 0 Å². The molecule has 1 saturated heterocycles. The quantitative estimate of drug-likeness (QED) is 0.0993. The molecule has 1 aliphatic heterocycles. The van der Waals surface area contributed by atoms with Crippen LogP contribution in [0.2, 0.25) is 0 Å². The van der Waals surface area contributed by atoms with Gasteiger partial charge < -0.3 is 9.05 Å². The summed E-state index contributed by atoms with van der Waals surface area (Å²) in [6.45, 7) is 6.62. The summed E-state index contributed by atoms with van der Waals surface area (Å²) < 4.78 is 12.5. The fourth-order valence-electron chi connectivity index (χ4n) is 4.49. The highest BCUT2D eigenvalue weighted by molar-refractivity contribution is 7.60. The van der Waals surface area contributed by atoms with Gasteiger partial charge in [-0.25, -0.2) is 0 Å². The lowest BCUT2D eigenvalue weighted by molar-refractivity contribution is 0.327. The zero-order chi connectivity index (χ0) is 23.0. The summed E-state index contributed by atoms with van der Waals surface area (Å²) in [4.78, 5) is 0. The lowest BCUT2D eigenvalue weighted by Gasteiger charge is -2.28. The molecule has 192 valence electrons. The Hall–Kier alpha value is 0.780. The van der Waals surface area contributed by atoms with E-state index in [4.69, 9.17) is 9.05 Å². The molecule has 0 aromatic carbocycles. The topological polar surface area (TPSA) is 18.5 Å². The van der Waals surface area contributed by atoms with Crippen molar-refractivity contribution in [3.63, 3.8) is 0 Å². The second-order valence-electron chi connectivity index (χ2n) is 9.89. The first-order valence-corrected chi connectivity index (χ1v) is 17.9. The molecule has 1 fully saturated rings. The van der Waals surface area contributed by atoms with Crippen molar-refractivity contribution >= 4 is 16.3 Å². The lowest BCUT2D eigenvalue weighted by atomic mass is 10.1. The third-order valence-corrected chi connectivity index (χ3v) is 11.4. The minimum absolute atomic E-state index is 0.133. The highest BCUT2D eigenvalue weighted by Crippen LogP contribution is 2.51. The van der Waals surface area contributed by atoms with E-state index < -0.39 is 0 Å². The number of hydrogen-bond acceptors (Lipinski definition) is 2. The molecular formula is C28H58O2P2. The average Bonchev–Trinajstić information content (AvgIpc) is 2.82. The number of unbranched alkanes of at least 4 members (excludes halogenated alkanes) is 18. The lowest BCUT2D eigenvalue weighted by Crippen LogP contribution is -2.11. The second-order valence-corrected chi connectivity index (χ2v) is 14.1. The summed E-state index contributed by atoms with van der Waals surface area (Å²) in [7, 11) is -0.266. The van der Waals surface area contributed by atoms with Crippen LogP contribution in [0.5, 0.6) is 0 Å². The maximum atomic E-state index is 6.23. The van der Waals surface area contributed by atoms with Gasteiger partial charge in [0.15, 0.2) is 0 Å². The van der Waals surface area contributed by atoms with Crippen LogP contribution in [0.1, 0.15) is 142 Å². The highest BCUT2D eigenvalue weighted by Gasteiger charge is 2.22. The maximum absolute atomic E-state index is 6.23. The Morgan fingerprint density at radius 1 is 0.375 bits per heavy atom. The molecule has 2 nitrogen and oxygen atoms in total. The molecule has 0 aliphatic carbocycles. The smallest absolute Gasteiger partial charge is 0.0508 e. The molecule has 0 saturated carbocycles. The van der Waals surface area contributed by atoms with E-state index in [0.29, 0.717) is 0 Å². The minimum atomic E-state index is -0.133. The van der Waals surface area contributed by atoms with E-state index in [1.54, 1.807) is 0 Å². The fraction of sp³-hybridized carbons (Fsp3) is 1.00. The molecule has 4 heteroatoms. The third-order valence-electron chi connectivity index (χ3n) is 6.74. The van der Waals surface area contributed by atoms with E-state index in [9.17, 15) is 0 Å². The molecule has 1 heterocycles. The molecule has 0 radical (unpaired) electrons. The summed E-state index contributed by atoms with van der Waals surface area (Å²) in [6.07, 6.45) is 33.3. The van der Waals surface area contributed by atoms with Crippen LogP contribution in [0.3, 0.4) is 0 Å². The van der Waals surface area contributed by atoms with E-state index >= 15 is 0 Å².